The van der Waals surface area contributed by atoms with Gasteiger partial charge in [0, 0.05) is 38.9 Å². The third kappa shape index (κ3) is 9.36. The monoisotopic (exact) mass is 455 g/mol. The first-order chi connectivity index (χ1) is 11.0. The van der Waals surface area contributed by atoms with Gasteiger partial charge in [-0.3, -0.25) is 4.99 Å². The Morgan fingerprint density at radius 1 is 1.17 bits per heavy atom. The van der Waals surface area contributed by atoms with Crippen LogP contribution in [0.3, 0.4) is 0 Å². The maximum Gasteiger partial charge on any atom is 0.190 e. The van der Waals surface area contributed by atoms with Crippen LogP contribution in [-0.2, 0) is 11.2 Å². The molecule has 0 atom stereocenters. The van der Waals surface area contributed by atoms with Crippen LogP contribution in [0, 0.1) is 17.6 Å². The molecule has 1 aromatic rings. The second kappa shape index (κ2) is 13.3. The molecule has 0 aliphatic heterocycles. The molecule has 0 amide bonds. The largest absolute Gasteiger partial charge is 0.381 e. The van der Waals surface area contributed by atoms with Crippen molar-refractivity contribution in [3.63, 3.8) is 0 Å². The molecule has 1 rings (SSSR count). The van der Waals surface area contributed by atoms with Crippen LogP contribution in [-0.4, -0.2) is 39.3 Å². The fraction of sp³-hybridized carbons (Fsp3) is 0.588. The smallest absolute Gasteiger partial charge is 0.190 e. The highest BCUT2D eigenvalue weighted by Crippen LogP contribution is 2.11. The molecule has 0 fully saturated rings. The average Bonchev–Trinajstić information content (AvgIpc) is 2.51. The number of ether oxygens (including phenoxy) is 1. The van der Waals surface area contributed by atoms with Gasteiger partial charge in [-0.2, -0.15) is 0 Å². The van der Waals surface area contributed by atoms with Gasteiger partial charge in [-0.1, -0.05) is 19.9 Å². The molecule has 0 heterocycles. The minimum absolute atomic E-state index is 0. The van der Waals surface area contributed by atoms with Crippen molar-refractivity contribution < 1.29 is 13.5 Å². The number of nitrogens with one attached hydrogen (secondary N) is 2. The SMILES string of the molecule is CN=C(NCCCOCC(C)C)NCCc1c(F)cccc1F.I. The van der Waals surface area contributed by atoms with Crippen LogP contribution in [0.15, 0.2) is 23.2 Å². The minimum Gasteiger partial charge on any atom is -0.381 e. The van der Waals surface area contributed by atoms with E-state index in [2.05, 4.69) is 29.5 Å². The summed E-state index contributed by atoms with van der Waals surface area (Å²) in [7, 11) is 1.66. The van der Waals surface area contributed by atoms with Gasteiger partial charge in [0.1, 0.15) is 11.6 Å². The van der Waals surface area contributed by atoms with E-state index in [9.17, 15) is 8.78 Å². The van der Waals surface area contributed by atoms with Gasteiger partial charge in [0.15, 0.2) is 5.96 Å². The van der Waals surface area contributed by atoms with E-state index in [0.717, 1.165) is 19.6 Å². The molecule has 0 saturated heterocycles. The van der Waals surface area contributed by atoms with Gasteiger partial charge in [-0.15, -0.1) is 24.0 Å². The van der Waals surface area contributed by atoms with Crippen LogP contribution in [0.5, 0.6) is 0 Å². The number of guanidine groups is 1. The lowest BCUT2D eigenvalue weighted by atomic mass is 10.1. The van der Waals surface area contributed by atoms with Gasteiger partial charge < -0.3 is 15.4 Å². The van der Waals surface area contributed by atoms with Crippen molar-refractivity contribution in [2.45, 2.75) is 26.7 Å². The van der Waals surface area contributed by atoms with Gasteiger partial charge >= 0.3 is 0 Å². The summed E-state index contributed by atoms with van der Waals surface area (Å²) >= 11 is 0. The van der Waals surface area contributed by atoms with E-state index in [1.807, 2.05) is 0 Å². The summed E-state index contributed by atoms with van der Waals surface area (Å²) in [5.74, 6) is 0.121. The zero-order valence-electron chi connectivity index (χ0n) is 14.6. The lowest BCUT2D eigenvalue weighted by molar-refractivity contribution is 0.108. The van der Waals surface area contributed by atoms with Gasteiger partial charge in [0.05, 0.1) is 0 Å². The summed E-state index contributed by atoms with van der Waals surface area (Å²) in [6.45, 7) is 6.82. The highest BCUT2D eigenvalue weighted by atomic mass is 127. The lowest BCUT2D eigenvalue weighted by Crippen LogP contribution is -2.39. The molecule has 4 nitrogen and oxygen atoms in total. The van der Waals surface area contributed by atoms with E-state index in [4.69, 9.17) is 4.74 Å². The molecule has 0 radical (unpaired) electrons. The van der Waals surface area contributed by atoms with Crippen molar-refractivity contribution in [3.05, 3.63) is 35.4 Å². The molecular formula is C17H28F2IN3O. The second-order valence-electron chi connectivity index (χ2n) is 5.70. The molecule has 0 bridgehead atoms. The average molecular weight is 455 g/mol. The van der Waals surface area contributed by atoms with Crippen molar-refractivity contribution >= 4 is 29.9 Å². The molecule has 0 unspecified atom stereocenters. The van der Waals surface area contributed by atoms with Gasteiger partial charge in [0.2, 0.25) is 0 Å². The molecule has 7 heteroatoms. The molecule has 0 spiro atoms. The summed E-state index contributed by atoms with van der Waals surface area (Å²) < 4.78 is 32.5. The summed E-state index contributed by atoms with van der Waals surface area (Å²) in [6.07, 6.45) is 1.13. The fourth-order valence-electron chi connectivity index (χ4n) is 2.00. The van der Waals surface area contributed by atoms with Crippen LogP contribution in [0.4, 0.5) is 8.78 Å². The summed E-state index contributed by atoms with van der Waals surface area (Å²) in [5.41, 5.74) is 0.0949. The first-order valence-corrected chi connectivity index (χ1v) is 7.99. The molecule has 24 heavy (non-hydrogen) atoms. The van der Waals surface area contributed by atoms with Crippen molar-refractivity contribution in [1.29, 1.82) is 0 Å². The Morgan fingerprint density at radius 3 is 2.38 bits per heavy atom. The Morgan fingerprint density at radius 2 is 1.79 bits per heavy atom. The summed E-state index contributed by atoms with van der Waals surface area (Å²) in [5, 5.41) is 6.19. The van der Waals surface area contributed by atoms with Crippen LogP contribution in [0.1, 0.15) is 25.8 Å². The number of nitrogens with zero attached hydrogens (tertiary/aromatic N) is 1. The van der Waals surface area contributed by atoms with Crippen LogP contribution in [0.25, 0.3) is 0 Å². The van der Waals surface area contributed by atoms with Crippen LogP contribution < -0.4 is 10.6 Å². The van der Waals surface area contributed by atoms with Crippen molar-refractivity contribution in [1.82, 2.24) is 10.6 Å². The normalized spacial score (nSPS) is 11.3. The summed E-state index contributed by atoms with van der Waals surface area (Å²) in [6, 6.07) is 3.90. The molecule has 0 aromatic heterocycles. The maximum atomic E-state index is 13.5. The molecule has 0 saturated carbocycles. The molecule has 1 aromatic carbocycles. The summed E-state index contributed by atoms with van der Waals surface area (Å²) in [4.78, 5) is 4.08. The van der Waals surface area contributed by atoms with Gasteiger partial charge in [0.25, 0.3) is 0 Å². The Bertz CT molecular complexity index is 478. The van der Waals surface area contributed by atoms with Crippen LogP contribution >= 0.6 is 24.0 Å². The first kappa shape index (κ1) is 23.0. The predicted molar refractivity (Wildman–Crippen MR) is 105 cm³/mol. The Hall–Kier alpha value is -0.960. The van der Waals surface area contributed by atoms with E-state index in [-0.39, 0.29) is 36.0 Å². The van der Waals surface area contributed by atoms with Gasteiger partial charge in [-0.05, 0) is 30.9 Å². The van der Waals surface area contributed by atoms with Gasteiger partial charge in [-0.25, -0.2) is 8.78 Å². The zero-order chi connectivity index (χ0) is 17.1. The standard InChI is InChI=1S/C17H27F2N3O.HI/c1-13(2)12-23-11-5-9-21-17(20-3)22-10-8-14-15(18)6-4-7-16(14)19;/h4,6-7,13H,5,8-12H2,1-3H3,(H2,20,21,22);1H. The quantitative estimate of drug-likeness (QED) is 0.260. The highest BCUT2D eigenvalue weighted by molar-refractivity contribution is 14.0. The van der Waals surface area contributed by atoms with Crippen LogP contribution in [0.2, 0.25) is 0 Å². The number of benzene rings is 1. The molecular weight excluding hydrogens is 427 g/mol. The number of aliphatic imine (C=N–C) groups is 1. The van der Waals surface area contributed by atoms with E-state index >= 15 is 0 Å². The fourth-order valence-corrected chi connectivity index (χ4v) is 2.00. The third-order valence-corrected chi connectivity index (χ3v) is 3.16. The maximum absolute atomic E-state index is 13.5. The molecule has 138 valence electrons. The number of rotatable bonds is 9. The molecule has 0 aliphatic rings. The number of hydrogen-bond acceptors (Lipinski definition) is 2. The van der Waals surface area contributed by atoms with E-state index in [0.29, 0.717) is 25.0 Å². The Kier molecular flexibility index (Phi) is 12.8. The highest BCUT2D eigenvalue weighted by Gasteiger charge is 2.08. The predicted octanol–water partition coefficient (Wildman–Crippen LogP) is 3.35. The van der Waals surface area contributed by atoms with E-state index in [1.165, 1.54) is 18.2 Å². The van der Waals surface area contributed by atoms with Crippen molar-refractivity contribution in [2.75, 3.05) is 33.4 Å². The zero-order valence-corrected chi connectivity index (χ0v) is 16.9. The minimum atomic E-state index is -0.517. The third-order valence-electron chi connectivity index (χ3n) is 3.16. The van der Waals surface area contributed by atoms with E-state index < -0.39 is 11.6 Å². The van der Waals surface area contributed by atoms with Crippen molar-refractivity contribution in [3.8, 4) is 0 Å². The first-order valence-electron chi connectivity index (χ1n) is 7.99. The number of halogens is 3. The van der Waals surface area contributed by atoms with E-state index in [1.54, 1.807) is 7.05 Å². The molecule has 2 N–H and O–H groups in total. The molecule has 0 aliphatic carbocycles. The Labute approximate surface area is 160 Å². The lowest BCUT2D eigenvalue weighted by Gasteiger charge is -2.13. The Balaban J connectivity index is 0.00000529. The topological polar surface area (TPSA) is 45.7 Å². The second-order valence-corrected chi connectivity index (χ2v) is 5.70. The van der Waals surface area contributed by atoms with Crippen molar-refractivity contribution in [2.24, 2.45) is 10.9 Å². The number of hydrogen-bond donors (Lipinski definition) is 2.